The summed E-state index contributed by atoms with van der Waals surface area (Å²) < 4.78 is 0. The van der Waals surface area contributed by atoms with Crippen LogP contribution < -0.4 is 0 Å². The molecule has 2 amide bonds. The lowest BCUT2D eigenvalue weighted by Gasteiger charge is -2.44. The summed E-state index contributed by atoms with van der Waals surface area (Å²) >= 11 is 0. The van der Waals surface area contributed by atoms with Crippen molar-refractivity contribution in [2.45, 2.75) is 55.1 Å². The Morgan fingerprint density at radius 3 is 1.30 bits per heavy atom. The van der Waals surface area contributed by atoms with Gasteiger partial charge in [-0.3, -0.25) is 9.59 Å². The third-order valence-electron chi connectivity index (χ3n) is 5.16. The molecule has 2 heterocycles. The Balaban J connectivity index is 2.10. The van der Waals surface area contributed by atoms with Crippen molar-refractivity contribution < 1.29 is 50.4 Å². The van der Waals surface area contributed by atoms with Gasteiger partial charge in [-0.1, -0.05) is 0 Å². The second kappa shape index (κ2) is 8.75. The topological polar surface area (TPSA) is 202 Å². The highest BCUT2D eigenvalue weighted by Crippen LogP contribution is 2.22. The first-order valence-electron chi connectivity index (χ1n) is 8.53. The van der Waals surface area contributed by atoms with Gasteiger partial charge in [-0.2, -0.15) is 0 Å². The number of aliphatic hydroxyl groups is 8. The Hall–Kier alpha value is -1.38. The molecule has 0 saturated carbocycles. The second-order valence-electron chi connectivity index (χ2n) is 6.87. The molecule has 8 atom stereocenters. The van der Waals surface area contributed by atoms with Gasteiger partial charge in [-0.15, -0.1) is 0 Å². The number of piperidine rings is 2. The summed E-state index contributed by atoms with van der Waals surface area (Å²) in [6.07, 6.45) is -10.1. The van der Waals surface area contributed by atoms with Gasteiger partial charge in [0.2, 0.25) is 11.8 Å². The average molecular weight is 394 g/mol. The Labute approximate surface area is 154 Å². The summed E-state index contributed by atoms with van der Waals surface area (Å²) in [5.41, 5.74) is 0. The monoisotopic (exact) mass is 394 g/mol. The molecular formula is C15H26N2O10. The van der Waals surface area contributed by atoms with Crippen molar-refractivity contribution in [2.24, 2.45) is 0 Å². The van der Waals surface area contributed by atoms with Gasteiger partial charge < -0.3 is 50.7 Å². The number of β-amino-alcohol motifs (C(OH)–C–C–N with tert-alkyl or cyclic N) is 2. The van der Waals surface area contributed by atoms with Gasteiger partial charge in [0.1, 0.15) is 43.0 Å². The van der Waals surface area contributed by atoms with Crippen LogP contribution in [-0.2, 0) is 9.59 Å². The summed E-state index contributed by atoms with van der Waals surface area (Å²) in [5.74, 6) is -1.73. The highest BCUT2D eigenvalue weighted by atomic mass is 16.4. The molecule has 12 heteroatoms. The Morgan fingerprint density at radius 2 is 1.00 bits per heavy atom. The molecule has 0 aromatic heterocycles. The lowest BCUT2D eigenvalue weighted by Crippen LogP contribution is -2.65. The van der Waals surface area contributed by atoms with Gasteiger partial charge in [0.25, 0.3) is 0 Å². The lowest BCUT2D eigenvalue weighted by molar-refractivity contribution is -0.174. The van der Waals surface area contributed by atoms with E-state index >= 15 is 0 Å². The fourth-order valence-electron chi connectivity index (χ4n) is 3.49. The van der Waals surface area contributed by atoms with E-state index in [-0.39, 0.29) is 0 Å². The first-order chi connectivity index (χ1) is 12.6. The van der Waals surface area contributed by atoms with Crippen LogP contribution in [0.4, 0.5) is 0 Å². The molecule has 8 N–H and O–H groups in total. The molecule has 0 spiro atoms. The molecule has 0 radical (unpaired) electrons. The third kappa shape index (κ3) is 4.22. The standard InChI is InChI=1S/C15H26N2O10/c18-4-6-12(24)14(26)8(20)2-16(6)10(22)1-11(23)17-3-9(21)15(27)13(25)7(17)5-19/h6-9,12-15,18-21,24-27H,1-5H2/t6-,7-,8+,9+,12-,13-,14-,15-/m1/s1. The number of amides is 2. The van der Waals surface area contributed by atoms with Crippen LogP contribution in [0.15, 0.2) is 0 Å². The van der Waals surface area contributed by atoms with E-state index in [2.05, 4.69) is 0 Å². The van der Waals surface area contributed by atoms with Gasteiger partial charge in [0.05, 0.1) is 25.3 Å². The number of likely N-dealkylation sites (tertiary alicyclic amines) is 2. The Bertz CT molecular complexity index is 503. The number of hydrogen-bond acceptors (Lipinski definition) is 10. The van der Waals surface area contributed by atoms with E-state index in [0.29, 0.717) is 0 Å². The fourth-order valence-corrected chi connectivity index (χ4v) is 3.49. The van der Waals surface area contributed by atoms with E-state index in [1.165, 1.54) is 0 Å². The van der Waals surface area contributed by atoms with Crippen LogP contribution in [-0.4, -0.2) is 137 Å². The maximum absolute atomic E-state index is 12.5. The van der Waals surface area contributed by atoms with Gasteiger partial charge in [0, 0.05) is 13.1 Å². The van der Waals surface area contributed by atoms with Crippen molar-refractivity contribution in [3.63, 3.8) is 0 Å². The van der Waals surface area contributed by atoms with Gasteiger partial charge >= 0.3 is 0 Å². The summed E-state index contributed by atoms with van der Waals surface area (Å²) in [4.78, 5) is 26.7. The number of carbonyl (C=O) groups excluding carboxylic acids is 2. The largest absolute Gasteiger partial charge is 0.394 e. The minimum Gasteiger partial charge on any atom is -0.394 e. The van der Waals surface area contributed by atoms with Crippen molar-refractivity contribution in [1.82, 2.24) is 9.80 Å². The SMILES string of the molecule is O=C(CC(=O)N1C[C@H](O)[C@@H](O)[C@H](O)[C@H]1CO)N1C[C@H](O)[C@@H](O)[C@H](O)[C@H]1CO. The zero-order chi connectivity index (χ0) is 20.5. The number of aliphatic hydroxyl groups excluding tert-OH is 8. The molecule has 27 heavy (non-hydrogen) atoms. The normalized spacial score (nSPS) is 40.1. The quantitative estimate of drug-likeness (QED) is 0.212. The van der Waals surface area contributed by atoms with Gasteiger partial charge in [-0.05, 0) is 0 Å². The zero-order valence-electron chi connectivity index (χ0n) is 14.4. The van der Waals surface area contributed by atoms with E-state index in [1.807, 2.05) is 0 Å². The van der Waals surface area contributed by atoms with Crippen LogP contribution in [0, 0.1) is 0 Å². The minimum atomic E-state index is -1.61. The minimum absolute atomic E-state index is 0.414. The smallest absolute Gasteiger partial charge is 0.232 e. The third-order valence-corrected chi connectivity index (χ3v) is 5.16. The van der Waals surface area contributed by atoms with Crippen LogP contribution in [0.2, 0.25) is 0 Å². The fraction of sp³-hybridized carbons (Fsp3) is 0.867. The molecule has 0 bridgehead atoms. The van der Waals surface area contributed by atoms with Crippen LogP contribution in [0.25, 0.3) is 0 Å². The van der Waals surface area contributed by atoms with Crippen molar-refractivity contribution in [1.29, 1.82) is 0 Å². The summed E-state index contributed by atoms with van der Waals surface area (Å²) in [6.45, 7) is -2.25. The Kier molecular flexibility index (Phi) is 7.10. The van der Waals surface area contributed by atoms with Crippen molar-refractivity contribution in [3.05, 3.63) is 0 Å². The summed E-state index contributed by atoms with van der Waals surface area (Å²) in [5, 5.41) is 77.3. The average Bonchev–Trinajstić information content (AvgIpc) is 2.63. The highest BCUT2D eigenvalue weighted by molar-refractivity contribution is 5.97. The first kappa shape index (κ1) is 21.9. The molecule has 0 unspecified atom stereocenters. The number of rotatable bonds is 4. The van der Waals surface area contributed by atoms with E-state index in [4.69, 9.17) is 0 Å². The van der Waals surface area contributed by atoms with E-state index < -0.39 is 93.2 Å². The molecule has 156 valence electrons. The maximum Gasteiger partial charge on any atom is 0.232 e. The molecule has 12 nitrogen and oxygen atoms in total. The van der Waals surface area contributed by atoms with Crippen LogP contribution in [0.1, 0.15) is 6.42 Å². The second-order valence-corrected chi connectivity index (χ2v) is 6.87. The molecule has 2 fully saturated rings. The number of carbonyl (C=O) groups is 2. The molecule has 2 aliphatic rings. The molecule has 2 rings (SSSR count). The molecule has 0 aromatic rings. The van der Waals surface area contributed by atoms with E-state index in [1.54, 1.807) is 0 Å². The molecule has 2 aliphatic heterocycles. The Morgan fingerprint density at radius 1 is 0.667 bits per heavy atom. The van der Waals surface area contributed by atoms with Gasteiger partial charge in [-0.25, -0.2) is 0 Å². The van der Waals surface area contributed by atoms with E-state index in [9.17, 15) is 50.4 Å². The predicted molar refractivity (Wildman–Crippen MR) is 85.8 cm³/mol. The van der Waals surface area contributed by atoms with Crippen molar-refractivity contribution >= 4 is 11.8 Å². The van der Waals surface area contributed by atoms with Gasteiger partial charge in [0.15, 0.2) is 0 Å². The summed E-state index contributed by atoms with van der Waals surface area (Å²) in [7, 11) is 0. The maximum atomic E-state index is 12.5. The molecule has 0 aliphatic carbocycles. The lowest BCUT2D eigenvalue weighted by atomic mass is 9.93. The molecule has 2 saturated heterocycles. The number of hydrogen-bond donors (Lipinski definition) is 8. The van der Waals surface area contributed by atoms with E-state index in [0.717, 1.165) is 9.80 Å². The highest BCUT2D eigenvalue weighted by Gasteiger charge is 2.46. The molecular weight excluding hydrogens is 368 g/mol. The summed E-state index contributed by atoms with van der Waals surface area (Å²) in [6, 6.07) is -2.45. The van der Waals surface area contributed by atoms with Crippen molar-refractivity contribution in [2.75, 3.05) is 26.3 Å². The van der Waals surface area contributed by atoms with Crippen LogP contribution in [0.3, 0.4) is 0 Å². The predicted octanol–water partition coefficient (Wildman–Crippen LogP) is -6.05. The van der Waals surface area contributed by atoms with Crippen molar-refractivity contribution in [3.8, 4) is 0 Å². The first-order valence-corrected chi connectivity index (χ1v) is 8.53. The molecule has 0 aromatic carbocycles. The van der Waals surface area contributed by atoms with Crippen LogP contribution in [0.5, 0.6) is 0 Å². The van der Waals surface area contributed by atoms with Crippen LogP contribution >= 0.6 is 0 Å². The zero-order valence-corrected chi connectivity index (χ0v) is 14.4. The number of nitrogens with zero attached hydrogens (tertiary/aromatic N) is 2.